The number of Topliss-reactive ketones (excluding diaryl/α,β-unsaturated/α-hetero) is 1. The summed E-state index contributed by atoms with van der Waals surface area (Å²) in [6.07, 6.45) is 4.92. The molecule has 21 heavy (non-hydrogen) atoms. The van der Waals surface area contributed by atoms with Gasteiger partial charge in [0.25, 0.3) is 0 Å². The Balaban J connectivity index is 2.03. The third-order valence-electron chi connectivity index (χ3n) is 4.44. The van der Waals surface area contributed by atoms with Crippen molar-refractivity contribution in [3.63, 3.8) is 0 Å². The van der Waals surface area contributed by atoms with Crippen LogP contribution in [0.2, 0.25) is 0 Å². The van der Waals surface area contributed by atoms with E-state index in [0.717, 1.165) is 5.56 Å². The zero-order valence-corrected chi connectivity index (χ0v) is 13.3. The van der Waals surface area contributed by atoms with Crippen LogP contribution < -0.4 is 0 Å². The molecule has 1 fully saturated rings. The van der Waals surface area contributed by atoms with Crippen LogP contribution in [-0.4, -0.2) is 23.5 Å². The van der Waals surface area contributed by atoms with Crippen LogP contribution in [0.5, 0.6) is 0 Å². The Bertz CT molecular complexity index is 600. The molecule has 2 aromatic rings. The van der Waals surface area contributed by atoms with E-state index in [2.05, 4.69) is 30.5 Å². The molecule has 1 nitrogen and oxygen atoms in total. The van der Waals surface area contributed by atoms with Crippen LogP contribution in [0.4, 0.5) is 0 Å². The van der Waals surface area contributed by atoms with Gasteiger partial charge in [-0.05, 0) is 36.2 Å². The highest BCUT2D eigenvalue weighted by atomic mass is 32.3. The molecular weight excluding hydrogens is 276 g/mol. The minimum Gasteiger partial charge on any atom is -0.293 e. The number of hydrogen-bond acceptors (Lipinski definition) is 1. The number of carbonyl (C=O) groups is 1. The van der Waals surface area contributed by atoms with Gasteiger partial charge in [0.05, 0.1) is 5.25 Å². The monoisotopic (exact) mass is 298 g/mol. The molecule has 0 aromatic heterocycles. The highest BCUT2D eigenvalue weighted by Crippen LogP contribution is 2.62. The summed E-state index contributed by atoms with van der Waals surface area (Å²) < 4.78 is 0. The van der Waals surface area contributed by atoms with Crippen molar-refractivity contribution in [2.75, 3.05) is 17.8 Å². The Morgan fingerprint density at radius 2 is 1.43 bits per heavy atom. The number of ketones is 1. The molecule has 1 heterocycles. The summed E-state index contributed by atoms with van der Waals surface area (Å²) in [4.78, 5) is 13.2. The molecule has 2 aromatic carbocycles. The lowest BCUT2D eigenvalue weighted by Gasteiger charge is -2.39. The second kappa shape index (κ2) is 6.07. The largest absolute Gasteiger partial charge is 0.293 e. The summed E-state index contributed by atoms with van der Waals surface area (Å²) in [6.45, 7) is 0. The van der Waals surface area contributed by atoms with E-state index in [-0.39, 0.29) is 5.25 Å². The Kier molecular flexibility index (Phi) is 4.16. The average Bonchev–Trinajstić information content (AvgIpc) is 2.96. The molecular formula is C19H22OS. The molecule has 1 unspecified atom stereocenters. The Hall–Kier alpha value is -1.54. The zero-order valence-electron chi connectivity index (χ0n) is 12.5. The summed E-state index contributed by atoms with van der Waals surface area (Å²) in [5.74, 6) is 2.76. The second-order valence-electron chi connectivity index (χ2n) is 5.99. The average molecular weight is 298 g/mol. The van der Waals surface area contributed by atoms with E-state index < -0.39 is 10.0 Å². The van der Waals surface area contributed by atoms with Crippen molar-refractivity contribution in [2.45, 2.75) is 18.1 Å². The van der Waals surface area contributed by atoms with Crippen molar-refractivity contribution in [1.29, 1.82) is 0 Å². The lowest BCUT2D eigenvalue weighted by molar-refractivity contribution is 0.0988. The number of hydrogen-bond donors (Lipinski definition) is 0. The van der Waals surface area contributed by atoms with E-state index in [9.17, 15) is 4.79 Å². The van der Waals surface area contributed by atoms with Crippen molar-refractivity contribution < 1.29 is 4.79 Å². The molecule has 0 bridgehead atoms. The molecule has 0 aliphatic carbocycles. The van der Waals surface area contributed by atoms with Gasteiger partial charge in [0.15, 0.2) is 5.78 Å². The molecule has 0 amide bonds. The van der Waals surface area contributed by atoms with Gasteiger partial charge in [-0.3, -0.25) is 4.79 Å². The van der Waals surface area contributed by atoms with Crippen LogP contribution in [-0.2, 0) is 0 Å². The smallest absolute Gasteiger partial charge is 0.178 e. The van der Waals surface area contributed by atoms with Crippen molar-refractivity contribution in [1.82, 2.24) is 0 Å². The van der Waals surface area contributed by atoms with E-state index in [1.165, 1.54) is 29.9 Å². The molecule has 0 saturated carbocycles. The number of benzene rings is 2. The molecule has 110 valence electrons. The predicted molar refractivity (Wildman–Crippen MR) is 92.4 cm³/mol. The summed E-state index contributed by atoms with van der Waals surface area (Å²) in [7, 11) is -0.895. The first kappa shape index (κ1) is 14.4. The van der Waals surface area contributed by atoms with Crippen molar-refractivity contribution >= 4 is 15.8 Å². The third-order valence-corrected chi connectivity index (χ3v) is 8.51. The molecule has 3 rings (SSSR count). The van der Waals surface area contributed by atoms with Gasteiger partial charge in [0.2, 0.25) is 0 Å². The van der Waals surface area contributed by atoms with Gasteiger partial charge in [-0.25, -0.2) is 10.0 Å². The summed E-state index contributed by atoms with van der Waals surface area (Å²) in [5, 5.41) is 0.0589. The fourth-order valence-corrected chi connectivity index (χ4v) is 7.19. The number of rotatable bonds is 4. The maximum atomic E-state index is 13.2. The highest BCUT2D eigenvalue weighted by Gasteiger charge is 2.38. The van der Waals surface area contributed by atoms with E-state index in [1.807, 2.05) is 36.4 Å². The van der Waals surface area contributed by atoms with Crippen LogP contribution in [0, 0.1) is 0 Å². The summed E-state index contributed by atoms with van der Waals surface area (Å²) in [6, 6.07) is 20.2. The molecule has 1 saturated heterocycles. The normalized spacial score (nSPS) is 19.9. The lowest BCUT2D eigenvalue weighted by Crippen LogP contribution is -2.21. The quantitative estimate of drug-likeness (QED) is 0.738. The first-order valence-electron chi connectivity index (χ1n) is 7.57. The molecule has 0 spiro atoms. The van der Waals surface area contributed by atoms with Crippen LogP contribution in [0.15, 0.2) is 60.7 Å². The highest BCUT2D eigenvalue weighted by molar-refractivity contribution is 8.34. The van der Waals surface area contributed by atoms with Crippen LogP contribution >= 0.6 is 10.0 Å². The first-order valence-corrected chi connectivity index (χ1v) is 10.0. The zero-order chi connectivity index (χ0) is 14.7. The molecule has 2 heteroatoms. The van der Waals surface area contributed by atoms with Crippen LogP contribution in [0.1, 0.15) is 34.0 Å². The second-order valence-corrected chi connectivity index (χ2v) is 9.98. The Labute approximate surface area is 128 Å². The van der Waals surface area contributed by atoms with E-state index in [0.29, 0.717) is 5.78 Å². The van der Waals surface area contributed by atoms with Gasteiger partial charge < -0.3 is 0 Å². The van der Waals surface area contributed by atoms with Gasteiger partial charge in [0, 0.05) is 5.56 Å². The van der Waals surface area contributed by atoms with Crippen LogP contribution in [0.3, 0.4) is 0 Å². The molecule has 1 aliphatic heterocycles. The standard InChI is InChI=1S/C19H22OS/c1-21(14-8-9-15-21)19(17-12-6-3-7-13-17)18(20)16-10-4-2-5-11-16/h2-7,10-13,19H,8-9,14-15H2,1H3. The SMILES string of the molecule is CS1(C(C(=O)c2ccccc2)c2ccccc2)CCCC1. The number of carbonyl (C=O) groups excluding carboxylic acids is 1. The summed E-state index contributed by atoms with van der Waals surface area (Å²) >= 11 is 0. The van der Waals surface area contributed by atoms with Gasteiger partial charge >= 0.3 is 0 Å². The van der Waals surface area contributed by atoms with E-state index >= 15 is 0 Å². The first-order chi connectivity index (χ1) is 10.2. The maximum Gasteiger partial charge on any atom is 0.178 e. The lowest BCUT2D eigenvalue weighted by atomic mass is 10.0. The Morgan fingerprint density at radius 1 is 0.905 bits per heavy atom. The Morgan fingerprint density at radius 3 is 2.00 bits per heavy atom. The third kappa shape index (κ3) is 2.91. The maximum absolute atomic E-state index is 13.2. The van der Waals surface area contributed by atoms with Gasteiger partial charge in [-0.1, -0.05) is 60.7 Å². The van der Waals surface area contributed by atoms with Crippen molar-refractivity contribution in [3.8, 4) is 0 Å². The van der Waals surface area contributed by atoms with Crippen molar-refractivity contribution in [3.05, 3.63) is 71.8 Å². The van der Waals surface area contributed by atoms with E-state index in [1.54, 1.807) is 0 Å². The van der Waals surface area contributed by atoms with Gasteiger partial charge in [0.1, 0.15) is 0 Å². The van der Waals surface area contributed by atoms with Gasteiger partial charge in [-0.15, -0.1) is 0 Å². The molecule has 1 aliphatic rings. The minimum absolute atomic E-state index is 0.0589. The molecule has 0 N–H and O–H groups in total. The minimum atomic E-state index is -0.895. The molecule has 0 radical (unpaired) electrons. The van der Waals surface area contributed by atoms with Crippen LogP contribution in [0.25, 0.3) is 0 Å². The van der Waals surface area contributed by atoms with Gasteiger partial charge in [-0.2, -0.15) is 0 Å². The van der Waals surface area contributed by atoms with Crippen molar-refractivity contribution in [2.24, 2.45) is 0 Å². The molecule has 1 atom stereocenters. The topological polar surface area (TPSA) is 17.1 Å². The fraction of sp³-hybridized carbons (Fsp3) is 0.316. The van der Waals surface area contributed by atoms with E-state index in [4.69, 9.17) is 0 Å². The summed E-state index contributed by atoms with van der Waals surface area (Å²) in [5.41, 5.74) is 2.05. The fourth-order valence-electron chi connectivity index (χ4n) is 3.32. The predicted octanol–water partition coefficient (Wildman–Crippen LogP) is 4.84.